The van der Waals surface area contributed by atoms with Crippen molar-refractivity contribution in [3.05, 3.63) is 35.4 Å². The third-order valence-electron chi connectivity index (χ3n) is 2.65. The van der Waals surface area contributed by atoms with Crippen molar-refractivity contribution in [2.24, 2.45) is 0 Å². The molecule has 4 nitrogen and oxygen atoms in total. The number of hydrogen-bond acceptors (Lipinski definition) is 3. The minimum absolute atomic E-state index is 0.0409. The molecule has 1 heterocycles. The van der Waals surface area contributed by atoms with Crippen molar-refractivity contribution in [3.8, 4) is 0 Å². The van der Waals surface area contributed by atoms with Gasteiger partial charge in [-0.05, 0) is 26.8 Å². The maximum Gasteiger partial charge on any atom is 0.254 e. The van der Waals surface area contributed by atoms with Gasteiger partial charge in [0, 0.05) is 11.1 Å². The molecule has 1 aliphatic rings. The van der Waals surface area contributed by atoms with Crippen LogP contribution in [0.15, 0.2) is 24.3 Å². The molecule has 1 unspecified atom stereocenters. The highest BCUT2D eigenvalue weighted by atomic mass is 16.5. The number of benzene rings is 1. The summed E-state index contributed by atoms with van der Waals surface area (Å²) >= 11 is 0. The Kier molecular flexibility index (Phi) is 2.72. The molecule has 0 saturated carbocycles. The fraction of sp³-hybridized carbons (Fsp3) is 0.462. The van der Waals surface area contributed by atoms with Gasteiger partial charge in [0.05, 0.1) is 12.2 Å². The highest BCUT2D eigenvalue weighted by molar-refractivity contribution is 5.99. The van der Waals surface area contributed by atoms with Crippen LogP contribution >= 0.6 is 0 Å². The number of ether oxygens (including phenoxy) is 1. The Balaban J connectivity index is 2.26. The van der Waals surface area contributed by atoms with Crippen LogP contribution in [0, 0.1) is 0 Å². The SMILES string of the molecule is CC(C)(C)OCC1(O)NC(=O)c2ccccc21. The van der Waals surface area contributed by atoms with E-state index in [0.717, 1.165) is 0 Å². The van der Waals surface area contributed by atoms with Gasteiger partial charge in [-0.1, -0.05) is 18.2 Å². The van der Waals surface area contributed by atoms with Gasteiger partial charge in [-0.3, -0.25) is 4.79 Å². The zero-order valence-electron chi connectivity index (χ0n) is 10.3. The summed E-state index contributed by atoms with van der Waals surface area (Å²) < 4.78 is 5.56. The summed E-state index contributed by atoms with van der Waals surface area (Å²) in [7, 11) is 0. The highest BCUT2D eigenvalue weighted by Crippen LogP contribution is 2.30. The van der Waals surface area contributed by atoms with E-state index < -0.39 is 5.72 Å². The molecule has 0 fully saturated rings. The van der Waals surface area contributed by atoms with Crippen LogP contribution in [-0.2, 0) is 10.5 Å². The van der Waals surface area contributed by atoms with E-state index in [1.807, 2.05) is 20.8 Å². The molecule has 4 heteroatoms. The first-order valence-corrected chi connectivity index (χ1v) is 5.60. The number of carbonyl (C=O) groups is 1. The smallest absolute Gasteiger partial charge is 0.254 e. The molecule has 0 radical (unpaired) electrons. The topological polar surface area (TPSA) is 58.6 Å². The summed E-state index contributed by atoms with van der Waals surface area (Å²) in [5.74, 6) is -0.263. The molecular formula is C13H17NO3. The molecule has 2 rings (SSSR count). The van der Waals surface area contributed by atoms with Crippen molar-refractivity contribution in [3.63, 3.8) is 0 Å². The number of amides is 1. The van der Waals surface area contributed by atoms with Crippen molar-refractivity contribution < 1.29 is 14.6 Å². The number of rotatable bonds is 2. The summed E-state index contributed by atoms with van der Waals surface area (Å²) in [6.45, 7) is 5.75. The maximum absolute atomic E-state index is 11.7. The lowest BCUT2D eigenvalue weighted by molar-refractivity contribution is -0.110. The van der Waals surface area contributed by atoms with E-state index in [-0.39, 0.29) is 18.1 Å². The zero-order chi connectivity index (χ0) is 12.7. The largest absolute Gasteiger partial charge is 0.370 e. The van der Waals surface area contributed by atoms with Gasteiger partial charge in [0.1, 0.15) is 0 Å². The molecule has 1 aromatic carbocycles. The average molecular weight is 235 g/mol. The summed E-state index contributed by atoms with van der Waals surface area (Å²) in [6.07, 6.45) is 0. The predicted octanol–water partition coefficient (Wildman–Crippen LogP) is 1.39. The van der Waals surface area contributed by atoms with Crippen molar-refractivity contribution >= 4 is 5.91 Å². The molecule has 92 valence electrons. The molecule has 1 aliphatic heterocycles. The highest BCUT2D eigenvalue weighted by Gasteiger charge is 2.42. The first-order valence-electron chi connectivity index (χ1n) is 5.60. The maximum atomic E-state index is 11.7. The lowest BCUT2D eigenvalue weighted by atomic mass is 10.0. The molecule has 1 amide bonds. The molecule has 0 saturated heterocycles. The molecule has 0 spiro atoms. The average Bonchev–Trinajstić information content (AvgIpc) is 2.50. The number of carbonyl (C=O) groups excluding carboxylic acids is 1. The second kappa shape index (κ2) is 3.82. The van der Waals surface area contributed by atoms with Crippen molar-refractivity contribution in [1.82, 2.24) is 5.32 Å². The summed E-state index contributed by atoms with van der Waals surface area (Å²) in [5.41, 5.74) is -0.694. The minimum atomic E-state index is -1.42. The van der Waals surface area contributed by atoms with Crippen LogP contribution in [0.25, 0.3) is 0 Å². The number of aliphatic hydroxyl groups is 1. The first-order chi connectivity index (χ1) is 7.82. The van der Waals surface area contributed by atoms with E-state index >= 15 is 0 Å². The van der Waals surface area contributed by atoms with E-state index in [2.05, 4.69) is 5.32 Å². The van der Waals surface area contributed by atoms with Crippen LogP contribution in [0.1, 0.15) is 36.7 Å². The minimum Gasteiger partial charge on any atom is -0.370 e. The van der Waals surface area contributed by atoms with Crippen LogP contribution in [-0.4, -0.2) is 23.2 Å². The van der Waals surface area contributed by atoms with E-state index in [4.69, 9.17) is 4.74 Å². The van der Waals surface area contributed by atoms with Gasteiger partial charge < -0.3 is 15.2 Å². The van der Waals surface area contributed by atoms with Gasteiger partial charge in [0.2, 0.25) is 0 Å². The van der Waals surface area contributed by atoms with Crippen molar-refractivity contribution in [2.45, 2.75) is 32.1 Å². The molecule has 1 atom stereocenters. The van der Waals surface area contributed by atoms with Crippen LogP contribution in [0.5, 0.6) is 0 Å². The fourth-order valence-electron chi connectivity index (χ4n) is 1.80. The normalized spacial score (nSPS) is 23.4. The Hall–Kier alpha value is -1.39. The fourth-order valence-corrected chi connectivity index (χ4v) is 1.80. The Bertz CT molecular complexity index is 450. The third-order valence-corrected chi connectivity index (χ3v) is 2.65. The molecule has 0 aromatic heterocycles. The summed E-state index contributed by atoms with van der Waals surface area (Å²) in [4.78, 5) is 11.7. The lowest BCUT2D eigenvalue weighted by Crippen LogP contribution is -2.45. The van der Waals surface area contributed by atoms with Gasteiger partial charge >= 0.3 is 0 Å². The monoisotopic (exact) mass is 235 g/mol. The molecule has 2 N–H and O–H groups in total. The van der Waals surface area contributed by atoms with E-state index in [0.29, 0.717) is 11.1 Å². The molecule has 1 aromatic rings. The Morgan fingerprint density at radius 1 is 1.35 bits per heavy atom. The summed E-state index contributed by atoms with van der Waals surface area (Å²) in [5, 5.41) is 13.0. The molecule has 0 aliphatic carbocycles. The number of hydrogen-bond donors (Lipinski definition) is 2. The number of fused-ring (bicyclic) bond motifs is 1. The van der Waals surface area contributed by atoms with Crippen LogP contribution in [0.3, 0.4) is 0 Å². The quantitative estimate of drug-likeness (QED) is 0.814. The van der Waals surface area contributed by atoms with E-state index in [1.54, 1.807) is 24.3 Å². The Morgan fingerprint density at radius 2 is 2.00 bits per heavy atom. The predicted molar refractivity (Wildman–Crippen MR) is 63.5 cm³/mol. The summed E-state index contributed by atoms with van der Waals surface area (Å²) in [6, 6.07) is 6.99. The van der Waals surface area contributed by atoms with Gasteiger partial charge in [0.15, 0.2) is 5.72 Å². The number of nitrogens with one attached hydrogen (secondary N) is 1. The van der Waals surface area contributed by atoms with Gasteiger partial charge in [0.25, 0.3) is 5.91 Å². The van der Waals surface area contributed by atoms with Crippen LogP contribution in [0.2, 0.25) is 0 Å². The standard InChI is InChI=1S/C13H17NO3/c1-12(2,3)17-8-13(16)10-7-5-4-6-9(10)11(15)14-13/h4-7,16H,8H2,1-3H3,(H,14,15). The van der Waals surface area contributed by atoms with Crippen molar-refractivity contribution in [2.75, 3.05) is 6.61 Å². The third kappa shape index (κ3) is 2.33. The lowest BCUT2D eigenvalue weighted by Gasteiger charge is -2.28. The zero-order valence-corrected chi connectivity index (χ0v) is 10.3. The Morgan fingerprint density at radius 3 is 2.65 bits per heavy atom. The Labute approximate surface area is 101 Å². The van der Waals surface area contributed by atoms with E-state index in [9.17, 15) is 9.90 Å². The molecule has 0 bridgehead atoms. The second-order valence-electron chi connectivity index (χ2n) is 5.26. The van der Waals surface area contributed by atoms with E-state index in [1.165, 1.54) is 0 Å². The van der Waals surface area contributed by atoms with Gasteiger partial charge in [-0.25, -0.2) is 0 Å². The van der Waals surface area contributed by atoms with Gasteiger partial charge in [-0.15, -0.1) is 0 Å². The van der Waals surface area contributed by atoms with Crippen LogP contribution < -0.4 is 5.32 Å². The molecule has 17 heavy (non-hydrogen) atoms. The first kappa shape index (κ1) is 12.1. The van der Waals surface area contributed by atoms with Gasteiger partial charge in [-0.2, -0.15) is 0 Å². The second-order valence-corrected chi connectivity index (χ2v) is 5.26. The van der Waals surface area contributed by atoms with Crippen LogP contribution in [0.4, 0.5) is 0 Å². The van der Waals surface area contributed by atoms with Crippen molar-refractivity contribution in [1.29, 1.82) is 0 Å². The molecular weight excluding hydrogens is 218 g/mol.